The van der Waals surface area contributed by atoms with Gasteiger partial charge in [0, 0.05) is 0 Å². The molecule has 1 aromatic carbocycles. The molecule has 4 heteroatoms. The van der Waals surface area contributed by atoms with E-state index in [1.165, 1.54) is 5.94 Å². The number of benzene rings is 1. The van der Waals surface area contributed by atoms with Gasteiger partial charge in [-0.1, -0.05) is 12.1 Å². The second-order valence-corrected chi connectivity index (χ2v) is 2.49. The number of carbonyl (C=O) groups excluding carboxylic acids is 2. The van der Waals surface area contributed by atoms with Gasteiger partial charge in [0.15, 0.2) is 11.7 Å². The summed E-state index contributed by atoms with van der Waals surface area (Å²) in [6, 6.07) is 6.86. The van der Waals surface area contributed by atoms with Crippen LogP contribution in [0.3, 0.4) is 0 Å². The molecule has 0 amide bonds. The maximum Gasteiger partial charge on any atom is 0.371 e. The molecule has 0 atom stereocenters. The molecule has 0 saturated heterocycles. The SMILES string of the molecule is O=C=C1Nc2ccccc2OC1=O. The molecule has 64 valence electrons. The average molecular weight is 175 g/mol. The summed E-state index contributed by atoms with van der Waals surface area (Å²) in [4.78, 5) is 21.3. The predicted molar refractivity (Wildman–Crippen MR) is 44.9 cm³/mol. The van der Waals surface area contributed by atoms with E-state index in [2.05, 4.69) is 5.32 Å². The molecule has 0 radical (unpaired) electrons. The lowest BCUT2D eigenvalue weighted by Gasteiger charge is -2.16. The van der Waals surface area contributed by atoms with Gasteiger partial charge >= 0.3 is 5.97 Å². The molecule has 1 aromatic rings. The molecule has 1 heterocycles. The smallest absolute Gasteiger partial charge is 0.371 e. The zero-order valence-electron chi connectivity index (χ0n) is 6.53. The lowest BCUT2D eigenvalue weighted by molar-refractivity contribution is -0.130. The summed E-state index contributed by atoms with van der Waals surface area (Å²) >= 11 is 0. The number of fused-ring (bicyclic) bond motifs is 1. The lowest BCUT2D eigenvalue weighted by Crippen LogP contribution is -2.23. The predicted octanol–water partition coefficient (Wildman–Crippen LogP) is 0.733. The van der Waals surface area contributed by atoms with E-state index in [-0.39, 0.29) is 5.70 Å². The van der Waals surface area contributed by atoms with Gasteiger partial charge in [-0.25, -0.2) is 9.59 Å². The molecule has 0 fully saturated rings. The Labute approximate surface area is 73.8 Å². The molecule has 1 aliphatic rings. The van der Waals surface area contributed by atoms with Crippen LogP contribution in [-0.2, 0) is 9.59 Å². The van der Waals surface area contributed by atoms with Crippen LogP contribution in [0.1, 0.15) is 0 Å². The van der Waals surface area contributed by atoms with Crippen molar-refractivity contribution in [2.45, 2.75) is 0 Å². The van der Waals surface area contributed by atoms with Crippen LogP contribution < -0.4 is 10.1 Å². The van der Waals surface area contributed by atoms with Gasteiger partial charge in [0.25, 0.3) is 0 Å². The Morgan fingerprint density at radius 2 is 2.08 bits per heavy atom. The van der Waals surface area contributed by atoms with Crippen molar-refractivity contribution in [3.05, 3.63) is 30.0 Å². The van der Waals surface area contributed by atoms with E-state index in [1.54, 1.807) is 24.3 Å². The van der Waals surface area contributed by atoms with E-state index in [1.807, 2.05) is 0 Å². The van der Waals surface area contributed by atoms with Crippen molar-refractivity contribution in [2.75, 3.05) is 5.32 Å². The molecular formula is C9H5NO3. The Balaban J connectivity index is 2.50. The maximum atomic E-state index is 11.0. The fraction of sp³-hybridized carbons (Fsp3) is 0. The van der Waals surface area contributed by atoms with Gasteiger partial charge in [-0.05, 0) is 12.1 Å². The third kappa shape index (κ3) is 1.19. The van der Waals surface area contributed by atoms with Gasteiger partial charge < -0.3 is 10.1 Å². The molecule has 2 rings (SSSR count). The Morgan fingerprint density at radius 1 is 1.31 bits per heavy atom. The summed E-state index contributed by atoms with van der Waals surface area (Å²) in [5.41, 5.74) is 0.402. The molecule has 0 aliphatic carbocycles. The largest absolute Gasteiger partial charge is 0.419 e. The van der Waals surface area contributed by atoms with Crippen molar-refractivity contribution in [2.24, 2.45) is 0 Å². The van der Waals surface area contributed by atoms with E-state index in [0.29, 0.717) is 11.4 Å². The Morgan fingerprint density at radius 3 is 2.85 bits per heavy atom. The monoisotopic (exact) mass is 175 g/mol. The average Bonchev–Trinajstić information content (AvgIpc) is 2.17. The van der Waals surface area contributed by atoms with Crippen molar-refractivity contribution in [1.82, 2.24) is 0 Å². The number of hydrogen-bond acceptors (Lipinski definition) is 4. The normalized spacial score (nSPS) is 13.8. The van der Waals surface area contributed by atoms with Crippen molar-refractivity contribution in [1.29, 1.82) is 0 Å². The number of ether oxygens (including phenoxy) is 1. The molecular weight excluding hydrogens is 170 g/mol. The minimum absolute atomic E-state index is 0.196. The van der Waals surface area contributed by atoms with Gasteiger partial charge in [0.2, 0.25) is 5.70 Å². The number of nitrogens with one attached hydrogen (secondary N) is 1. The number of hydrogen-bond donors (Lipinski definition) is 1. The highest BCUT2D eigenvalue weighted by Crippen LogP contribution is 2.28. The van der Waals surface area contributed by atoms with Crippen LogP contribution in [0.25, 0.3) is 0 Å². The minimum atomic E-state index is -0.700. The molecule has 0 bridgehead atoms. The molecule has 1 N–H and O–H groups in total. The quantitative estimate of drug-likeness (QED) is 0.273. The summed E-state index contributed by atoms with van der Waals surface area (Å²) in [6.07, 6.45) is 0. The number of rotatable bonds is 0. The summed E-state index contributed by atoms with van der Waals surface area (Å²) < 4.78 is 4.83. The fourth-order valence-corrected chi connectivity index (χ4v) is 1.06. The fourth-order valence-electron chi connectivity index (χ4n) is 1.06. The second-order valence-electron chi connectivity index (χ2n) is 2.49. The lowest BCUT2D eigenvalue weighted by atomic mass is 10.2. The first-order chi connectivity index (χ1) is 6.31. The highest BCUT2D eigenvalue weighted by atomic mass is 16.5. The Hall–Kier alpha value is -2.06. The van der Waals surface area contributed by atoms with E-state index in [9.17, 15) is 9.59 Å². The van der Waals surface area contributed by atoms with E-state index in [0.717, 1.165) is 0 Å². The maximum absolute atomic E-state index is 11.0. The van der Waals surface area contributed by atoms with E-state index in [4.69, 9.17) is 4.74 Å². The number of para-hydroxylation sites is 2. The first-order valence-electron chi connectivity index (χ1n) is 3.64. The summed E-state index contributed by atoms with van der Waals surface area (Å²) in [7, 11) is 0. The topological polar surface area (TPSA) is 55.4 Å². The third-order valence-corrected chi connectivity index (χ3v) is 1.66. The standard InChI is InChI=1S/C9H5NO3/c11-5-7-9(12)13-8-4-2-1-3-6(8)10-7/h1-4,10H. The Bertz CT molecular complexity index is 419. The zero-order valence-corrected chi connectivity index (χ0v) is 6.53. The molecule has 1 aliphatic heterocycles. The van der Waals surface area contributed by atoms with Gasteiger partial charge in [-0.15, -0.1) is 0 Å². The van der Waals surface area contributed by atoms with Crippen LogP contribution in [0.2, 0.25) is 0 Å². The van der Waals surface area contributed by atoms with Gasteiger partial charge in [0.05, 0.1) is 5.69 Å². The highest BCUT2D eigenvalue weighted by molar-refractivity contribution is 6.03. The first kappa shape index (κ1) is 7.58. The van der Waals surface area contributed by atoms with E-state index < -0.39 is 5.97 Å². The van der Waals surface area contributed by atoms with Crippen LogP contribution in [0.15, 0.2) is 30.0 Å². The van der Waals surface area contributed by atoms with Gasteiger partial charge in [-0.3, -0.25) is 0 Å². The molecule has 4 nitrogen and oxygen atoms in total. The van der Waals surface area contributed by atoms with Crippen LogP contribution in [0.4, 0.5) is 5.69 Å². The molecule has 13 heavy (non-hydrogen) atoms. The zero-order chi connectivity index (χ0) is 9.26. The molecule has 0 unspecified atom stereocenters. The summed E-state index contributed by atoms with van der Waals surface area (Å²) in [6.45, 7) is 0. The van der Waals surface area contributed by atoms with E-state index >= 15 is 0 Å². The van der Waals surface area contributed by atoms with Crippen LogP contribution in [0, 0.1) is 0 Å². The number of carbonyl (C=O) groups is 1. The van der Waals surface area contributed by atoms with Crippen molar-refractivity contribution in [3.8, 4) is 5.75 Å². The van der Waals surface area contributed by atoms with Crippen LogP contribution in [0.5, 0.6) is 5.75 Å². The van der Waals surface area contributed by atoms with Crippen LogP contribution >= 0.6 is 0 Å². The highest BCUT2D eigenvalue weighted by Gasteiger charge is 2.22. The first-order valence-corrected chi connectivity index (χ1v) is 3.64. The molecule has 0 saturated carbocycles. The summed E-state index contributed by atoms with van der Waals surface area (Å²) in [5, 5.41) is 2.61. The molecule has 0 aromatic heterocycles. The van der Waals surface area contributed by atoms with Crippen molar-refractivity contribution < 1.29 is 14.3 Å². The van der Waals surface area contributed by atoms with Crippen LogP contribution in [-0.4, -0.2) is 11.9 Å². The summed E-state index contributed by atoms with van der Waals surface area (Å²) in [5.74, 6) is 1.20. The number of anilines is 1. The number of esters is 1. The van der Waals surface area contributed by atoms with Gasteiger partial charge in [0.1, 0.15) is 0 Å². The van der Waals surface area contributed by atoms with Crippen molar-refractivity contribution >= 4 is 17.6 Å². The third-order valence-electron chi connectivity index (χ3n) is 1.66. The minimum Gasteiger partial charge on any atom is -0.419 e. The Kier molecular flexibility index (Phi) is 1.61. The second kappa shape index (κ2) is 2.77. The van der Waals surface area contributed by atoms with Crippen molar-refractivity contribution in [3.63, 3.8) is 0 Å². The molecule has 0 spiro atoms. The van der Waals surface area contributed by atoms with Gasteiger partial charge in [-0.2, -0.15) is 0 Å².